The van der Waals surface area contributed by atoms with E-state index >= 15 is 0 Å². The third-order valence-electron chi connectivity index (χ3n) is 5.02. The Bertz CT molecular complexity index is 852. The molecule has 0 unspecified atom stereocenters. The fourth-order valence-corrected chi connectivity index (χ4v) is 3.47. The predicted octanol–water partition coefficient (Wildman–Crippen LogP) is 3.79. The van der Waals surface area contributed by atoms with E-state index in [2.05, 4.69) is 19.2 Å². The summed E-state index contributed by atoms with van der Waals surface area (Å²) in [5, 5.41) is 3.50. The fourth-order valence-electron chi connectivity index (χ4n) is 3.47. The molecule has 2 heterocycles. The van der Waals surface area contributed by atoms with Gasteiger partial charge in [0.25, 0.3) is 5.91 Å². The van der Waals surface area contributed by atoms with E-state index in [1.165, 1.54) is 0 Å². The Labute approximate surface area is 152 Å². The zero-order valence-corrected chi connectivity index (χ0v) is 15.1. The highest BCUT2D eigenvalue weighted by Crippen LogP contribution is 2.45. The molecule has 0 radical (unpaired) electrons. The maximum absolute atomic E-state index is 13.2. The molecule has 4 rings (SSSR count). The minimum atomic E-state index is -0.309. The molecule has 2 atom stereocenters. The molecular weight excluding hydrogens is 332 g/mol. The van der Waals surface area contributed by atoms with Gasteiger partial charge in [0.05, 0.1) is 12.7 Å². The van der Waals surface area contributed by atoms with Crippen LogP contribution in [0.3, 0.4) is 0 Å². The van der Waals surface area contributed by atoms with Crippen molar-refractivity contribution in [3.8, 4) is 17.2 Å². The van der Waals surface area contributed by atoms with Crippen molar-refractivity contribution in [3.63, 3.8) is 0 Å². The van der Waals surface area contributed by atoms with Crippen molar-refractivity contribution in [2.75, 3.05) is 19.2 Å². The van der Waals surface area contributed by atoms with E-state index < -0.39 is 0 Å². The van der Waals surface area contributed by atoms with Gasteiger partial charge in [0, 0.05) is 17.3 Å². The highest BCUT2D eigenvalue weighted by Gasteiger charge is 2.36. The third kappa shape index (κ3) is 2.53. The lowest BCUT2D eigenvalue weighted by Gasteiger charge is -2.41. The van der Waals surface area contributed by atoms with E-state index in [-0.39, 0.29) is 24.9 Å². The summed E-state index contributed by atoms with van der Waals surface area (Å²) in [5.74, 6) is 1.87. The van der Waals surface area contributed by atoms with Crippen LogP contribution in [0.2, 0.25) is 0 Å². The monoisotopic (exact) mass is 354 g/mol. The normalized spacial score (nSPS) is 19.0. The average Bonchev–Trinajstić information content (AvgIpc) is 3.15. The van der Waals surface area contributed by atoms with E-state index in [9.17, 15) is 4.79 Å². The number of para-hydroxylation sites is 1. The highest BCUT2D eigenvalue weighted by atomic mass is 16.7. The minimum absolute atomic E-state index is 0.0235. The van der Waals surface area contributed by atoms with E-state index in [4.69, 9.17) is 14.2 Å². The van der Waals surface area contributed by atoms with Crippen molar-refractivity contribution < 1.29 is 19.0 Å². The average molecular weight is 354 g/mol. The van der Waals surface area contributed by atoms with Crippen molar-refractivity contribution in [1.29, 1.82) is 0 Å². The van der Waals surface area contributed by atoms with Crippen LogP contribution < -0.4 is 19.5 Å². The van der Waals surface area contributed by atoms with Crippen LogP contribution in [-0.4, -0.2) is 30.8 Å². The molecule has 26 heavy (non-hydrogen) atoms. The fraction of sp³-hybridized carbons (Fsp3) is 0.350. The largest absolute Gasteiger partial charge is 0.493 e. The lowest BCUT2D eigenvalue weighted by Crippen LogP contribution is -2.47. The van der Waals surface area contributed by atoms with Crippen molar-refractivity contribution in [3.05, 3.63) is 47.5 Å². The van der Waals surface area contributed by atoms with E-state index in [1.807, 2.05) is 41.3 Å². The number of carbonyl (C=O) groups excluding carboxylic acids is 1. The molecule has 0 spiro atoms. The first kappa shape index (κ1) is 16.6. The molecule has 0 fully saturated rings. The minimum Gasteiger partial charge on any atom is -0.493 e. The summed E-state index contributed by atoms with van der Waals surface area (Å²) in [7, 11) is 1.60. The standard InChI is InChI=1S/C20H22N2O4/c1-4-12(2)22-19(21-15-8-6-5-7-14(15)20(22)23)13-9-16(24-3)18-17(10-13)25-11-26-18/h5-10,12,19,21H,4,11H2,1-3H3/t12-,19-/m1/s1. The van der Waals surface area contributed by atoms with Crippen molar-refractivity contribution in [1.82, 2.24) is 4.90 Å². The first-order valence-electron chi connectivity index (χ1n) is 8.79. The number of rotatable bonds is 4. The summed E-state index contributed by atoms with van der Waals surface area (Å²) >= 11 is 0. The number of ether oxygens (including phenoxy) is 3. The number of methoxy groups -OCH3 is 1. The summed E-state index contributed by atoms with van der Waals surface area (Å²) in [5.41, 5.74) is 2.42. The summed E-state index contributed by atoms with van der Waals surface area (Å²) in [6.07, 6.45) is 0.545. The molecule has 0 saturated heterocycles. The topological polar surface area (TPSA) is 60.0 Å². The van der Waals surface area contributed by atoms with Crippen LogP contribution in [0.25, 0.3) is 0 Å². The van der Waals surface area contributed by atoms with Crippen LogP contribution in [0.15, 0.2) is 36.4 Å². The number of hydrogen-bond donors (Lipinski definition) is 1. The Balaban J connectivity index is 1.82. The number of hydrogen-bond acceptors (Lipinski definition) is 5. The molecule has 1 amide bonds. The number of amides is 1. The molecule has 2 aliphatic rings. The quantitative estimate of drug-likeness (QED) is 0.905. The highest BCUT2D eigenvalue weighted by molar-refractivity contribution is 6.01. The Kier molecular flexibility index (Phi) is 4.11. The zero-order valence-electron chi connectivity index (χ0n) is 15.1. The summed E-state index contributed by atoms with van der Waals surface area (Å²) < 4.78 is 16.5. The van der Waals surface area contributed by atoms with Crippen LogP contribution in [0.4, 0.5) is 5.69 Å². The third-order valence-corrected chi connectivity index (χ3v) is 5.02. The molecule has 0 aliphatic carbocycles. The molecule has 1 N–H and O–H groups in total. The molecule has 2 aromatic carbocycles. The first-order valence-corrected chi connectivity index (χ1v) is 8.79. The Morgan fingerprint density at radius 2 is 2.12 bits per heavy atom. The predicted molar refractivity (Wildman–Crippen MR) is 97.8 cm³/mol. The van der Waals surface area contributed by atoms with Crippen LogP contribution in [-0.2, 0) is 0 Å². The Morgan fingerprint density at radius 3 is 2.88 bits per heavy atom. The number of nitrogens with zero attached hydrogens (tertiary/aromatic N) is 1. The van der Waals surface area contributed by atoms with Gasteiger partial charge >= 0.3 is 0 Å². The zero-order chi connectivity index (χ0) is 18.3. The van der Waals surface area contributed by atoms with Gasteiger partial charge in [0.2, 0.25) is 12.5 Å². The van der Waals surface area contributed by atoms with Gasteiger partial charge in [0.15, 0.2) is 11.5 Å². The lowest BCUT2D eigenvalue weighted by molar-refractivity contribution is 0.0593. The summed E-state index contributed by atoms with van der Waals surface area (Å²) in [4.78, 5) is 15.1. The second kappa shape index (κ2) is 6.44. The summed E-state index contributed by atoms with van der Waals surface area (Å²) in [6.45, 7) is 4.31. The summed E-state index contributed by atoms with van der Waals surface area (Å²) in [6, 6.07) is 11.5. The van der Waals surface area contributed by atoms with Crippen molar-refractivity contribution in [2.45, 2.75) is 32.5 Å². The first-order chi connectivity index (χ1) is 12.6. The lowest BCUT2D eigenvalue weighted by atomic mass is 10.00. The molecule has 0 saturated carbocycles. The van der Waals surface area contributed by atoms with Crippen molar-refractivity contribution in [2.24, 2.45) is 0 Å². The molecule has 6 heteroatoms. The van der Waals surface area contributed by atoms with Crippen molar-refractivity contribution >= 4 is 11.6 Å². The molecule has 0 bridgehead atoms. The van der Waals surface area contributed by atoms with Gasteiger partial charge < -0.3 is 24.4 Å². The van der Waals surface area contributed by atoms with Crippen LogP contribution >= 0.6 is 0 Å². The molecular formula is C20H22N2O4. The molecule has 2 aromatic rings. The second-order valence-electron chi connectivity index (χ2n) is 6.52. The van der Waals surface area contributed by atoms with Gasteiger partial charge in [-0.1, -0.05) is 19.1 Å². The van der Waals surface area contributed by atoms with Gasteiger partial charge in [0.1, 0.15) is 6.17 Å². The smallest absolute Gasteiger partial charge is 0.258 e. The Morgan fingerprint density at radius 1 is 1.31 bits per heavy atom. The van der Waals surface area contributed by atoms with E-state index in [1.54, 1.807) is 7.11 Å². The van der Waals surface area contributed by atoms with E-state index in [0.29, 0.717) is 22.8 Å². The van der Waals surface area contributed by atoms with Crippen LogP contribution in [0.1, 0.15) is 42.4 Å². The van der Waals surface area contributed by atoms with Gasteiger partial charge in [-0.25, -0.2) is 0 Å². The number of fused-ring (bicyclic) bond motifs is 2. The maximum Gasteiger partial charge on any atom is 0.258 e. The van der Waals surface area contributed by atoms with Crippen LogP contribution in [0, 0.1) is 0 Å². The molecule has 0 aromatic heterocycles. The van der Waals surface area contributed by atoms with Crippen LogP contribution in [0.5, 0.6) is 17.2 Å². The molecule has 6 nitrogen and oxygen atoms in total. The van der Waals surface area contributed by atoms with Gasteiger partial charge in [-0.2, -0.15) is 0 Å². The number of benzene rings is 2. The number of nitrogens with one attached hydrogen (secondary N) is 1. The number of carbonyl (C=O) groups is 1. The van der Waals surface area contributed by atoms with Gasteiger partial charge in [-0.15, -0.1) is 0 Å². The van der Waals surface area contributed by atoms with E-state index in [0.717, 1.165) is 17.7 Å². The van der Waals surface area contributed by atoms with Gasteiger partial charge in [-0.3, -0.25) is 4.79 Å². The SMILES string of the molecule is CC[C@@H](C)N1C(=O)c2ccccc2N[C@H]1c1cc(OC)c2c(c1)OCO2. The second-order valence-corrected chi connectivity index (χ2v) is 6.52. The van der Waals surface area contributed by atoms with Gasteiger partial charge in [-0.05, 0) is 37.6 Å². The Hall–Kier alpha value is -2.89. The molecule has 2 aliphatic heterocycles. The maximum atomic E-state index is 13.2. The molecule has 136 valence electrons. The number of anilines is 1.